The molecule has 1 aliphatic carbocycles. The summed E-state index contributed by atoms with van der Waals surface area (Å²) in [5.41, 5.74) is 2.61. The van der Waals surface area contributed by atoms with Crippen molar-refractivity contribution in [2.75, 3.05) is 0 Å². The predicted molar refractivity (Wildman–Crippen MR) is 59.4 cm³/mol. The minimum absolute atomic E-state index is 0.593. The maximum atomic E-state index is 8.66. The second-order valence-electron chi connectivity index (χ2n) is 4.25. The van der Waals surface area contributed by atoms with E-state index in [1.807, 2.05) is 6.20 Å². The Balaban J connectivity index is 1.99. The van der Waals surface area contributed by atoms with Gasteiger partial charge in [0.15, 0.2) is 0 Å². The van der Waals surface area contributed by atoms with Crippen molar-refractivity contribution in [3.05, 3.63) is 36.0 Å². The number of fused-ring (bicyclic) bond motifs is 1. The number of nitrogens with zero attached hydrogens (tertiary/aromatic N) is 1. The molecule has 2 atom stereocenters. The first kappa shape index (κ1) is 8.55. The lowest BCUT2D eigenvalue weighted by molar-refractivity contribution is 0.832. The number of H-pyrrole nitrogens is 1. The smallest absolute Gasteiger partial charge is 0.0624 e. The molecule has 74 valence electrons. The zero-order valence-corrected chi connectivity index (χ0v) is 8.40. The van der Waals surface area contributed by atoms with Crippen LogP contribution in [0.15, 0.2) is 30.5 Å². The third-order valence-electron chi connectivity index (χ3n) is 3.30. The average Bonchev–Trinajstić information content (AvgIpc) is 2.84. The summed E-state index contributed by atoms with van der Waals surface area (Å²) in [7, 11) is 0. The summed E-state index contributed by atoms with van der Waals surface area (Å²) in [6, 6.07) is 10.8. The normalized spacial score (nSPS) is 23.9. The molecule has 1 heterocycles. The summed E-state index contributed by atoms with van der Waals surface area (Å²) in [6.07, 6.45) is 3.86. The molecule has 0 bridgehead atoms. The van der Waals surface area contributed by atoms with Crippen LogP contribution in [0.3, 0.4) is 0 Å². The van der Waals surface area contributed by atoms with Crippen molar-refractivity contribution in [3.8, 4) is 6.07 Å². The topological polar surface area (TPSA) is 39.6 Å². The molecule has 1 aromatic heterocycles. The molecule has 1 aliphatic rings. The van der Waals surface area contributed by atoms with Gasteiger partial charge in [0.25, 0.3) is 0 Å². The number of nitrogens with one attached hydrogen (secondary N) is 1. The summed E-state index contributed by atoms with van der Waals surface area (Å²) in [6.45, 7) is 0. The molecular weight excluding hydrogens is 184 g/mol. The van der Waals surface area contributed by atoms with Crippen LogP contribution in [0, 0.1) is 17.2 Å². The Kier molecular flexibility index (Phi) is 1.78. The molecule has 1 N–H and O–H groups in total. The molecule has 3 rings (SSSR count). The Morgan fingerprint density at radius 1 is 1.40 bits per heavy atom. The van der Waals surface area contributed by atoms with Gasteiger partial charge < -0.3 is 4.98 Å². The van der Waals surface area contributed by atoms with Gasteiger partial charge in [0.2, 0.25) is 0 Å². The molecule has 0 saturated heterocycles. The molecule has 1 saturated carbocycles. The number of hydrogen-bond acceptors (Lipinski definition) is 1. The Morgan fingerprint density at radius 3 is 3.20 bits per heavy atom. The highest BCUT2D eigenvalue weighted by atomic mass is 14.7. The lowest BCUT2D eigenvalue weighted by atomic mass is 10.0. The van der Waals surface area contributed by atoms with E-state index in [1.54, 1.807) is 0 Å². The van der Waals surface area contributed by atoms with Crippen molar-refractivity contribution in [1.29, 1.82) is 5.26 Å². The molecule has 15 heavy (non-hydrogen) atoms. The van der Waals surface area contributed by atoms with Crippen molar-refractivity contribution in [1.82, 2.24) is 4.98 Å². The maximum Gasteiger partial charge on any atom is 0.0624 e. The standard InChI is InChI=1S/C13H12N2/c14-6-4-9-8-12(9)10-2-1-3-13-11(10)5-7-15-13/h1-3,5,7,9,12,15H,4,8H2. The molecule has 1 fully saturated rings. The fourth-order valence-corrected chi connectivity index (χ4v) is 2.40. The van der Waals surface area contributed by atoms with Gasteiger partial charge in [0.05, 0.1) is 6.07 Å². The summed E-state index contributed by atoms with van der Waals surface area (Å²) in [5, 5.41) is 9.98. The van der Waals surface area contributed by atoms with E-state index in [2.05, 4.69) is 35.3 Å². The van der Waals surface area contributed by atoms with Crippen LogP contribution in [0.5, 0.6) is 0 Å². The van der Waals surface area contributed by atoms with E-state index >= 15 is 0 Å². The van der Waals surface area contributed by atoms with Gasteiger partial charge in [-0.05, 0) is 36.0 Å². The van der Waals surface area contributed by atoms with Gasteiger partial charge in [-0.1, -0.05) is 12.1 Å². The molecule has 2 aromatic rings. The van der Waals surface area contributed by atoms with Crippen molar-refractivity contribution in [2.24, 2.45) is 5.92 Å². The number of nitriles is 1. The van der Waals surface area contributed by atoms with Crippen LogP contribution < -0.4 is 0 Å². The third kappa shape index (κ3) is 1.32. The Morgan fingerprint density at radius 2 is 2.33 bits per heavy atom. The zero-order chi connectivity index (χ0) is 10.3. The van der Waals surface area contributed by atoms with Gasteiger partial charge in [-0.2, -0.15) is 5.26 Å². The van der Waals surface area contributed by atoms with E-state index in [4.69, 9.17) is 5.26 Å². The first-order valence-electron chi connectivity index (χ1n) is 5.33. The summed E-state index contributed by atoms with van der Waals surface area (Å²) >= 11 is 0. The van der Waals surface area contributed by atoms with Crippen molar-refractivity contribution >= 4 is 10.9 Å². The summed E-state index contributed by atoms with van der Waals surface area (Å²) in [5.74, 6) is 1.21. The quantitative estimate of drug-likeness (QED) is 0.787. The minimum Gasteiger partial charge on any atom is -0.361 e. The van der Waals surface area contributed by atoms with E-state index in [0.717, 1.165) is 0 Å². The van der Waals surface area contributed by atoms with Crippen LogP contribution in [-0.2, 0) is 0 Å². The SMILES string of the molecule is N#CCC1CC1c1cccc2[nH]ccc12. The van der Waals surface area contributed by atoms with Crippen molar-refractivity contribution in [3.63, 3.8) is 0 Å². The highest BCUT2D eigenvalue weighted by Gasteiger charge is 2.38. The van der Waals surface area contributed by atoms with Gasteiger partial charge >= 0.3 is 0 Å². The van der Waals surface area contributed by atoms with E-state index in [0.29, 0.717) is 18.3 Å². The van der Waals surface area contributed by atoms with Crippen molar-refractivity contribution < 1.29 is 0 Å². The lowest BCUT2D eigenvalue weighted by Gasteiger charge is -2.00. The Hall–Kier alpha value is -1.75. The lowest BCUT2D eigenvalue weighted by Crippen LogP contribution is -1.84. The van der Waals surface area contributed by atoms with E-state index in [-0.39, 0.29) is 0 Å². The van der Waals surface area contributed by atoms with Crippen LogP contribution in [0.2, 0.25) is 0 Å². The molecule has 0 spiro atoms. The summed E-state index contributed by atoms with van der Waals surface area (Å²) < 4.78 is 0. The summed E-state index contributed by atoms with van der Waals surface area (Å²) in [4.78, 5) is 3.22. The molecule has 1 aromatic carbocycles. The van der Waals surface area contributed by atoms with Gasteiger partial charge in [0.1, 0.15) is 0 Å². The van der Waals surface area contributed by atoms with Gasteiger partial charge in [-0.3, -0.25) is 0 Å². The number of aromatic nitrogens is 1. The van der Waals surface area contributed by atoms with Crippen LogP contribution in [0.25, 0.3) is 10.9 Å². The molecule has 2 nitrogen and oxygen atoms in total. The van der Waals surface area contributed by atoms with Gasteiger partial charge in [-0.25, -0.2) is 0 Å². The second kappa shape index (κ2) is 3.13. The van der Waals surface area contributed by atoms with Gasteiger partial charge in [0, 0.05) is 23.5 Å². The highest BCUT2D eigenvalue weighted by molar-refractivity contribution is 5.83. The van der Waals surface area contributed by atoms with Crippen LogP contribution in [0.1, 0.15) is 24.3 Å². The first-order valence-corrected chi connectivity index (χ1v) is 5.33. The maximum absolute atomic E-state index is 8.66. The molecule has 0 aliphatic heterocycles. The number of aromatic amines is 1. The van der Waals surface area contributed by atoms with Crippen LogP contribution in [0.4, 0.5) is 0 Å². The molecule has 0 amide bonds. The van der Waals surface area contributed by atoms with E-state index < -0.39 is 0 Å². The fraction of sp³-hybridized carbons (Fsp3) is 0.308. The highest BCUT2D eigenvalue weighted by Crippen LogP contribution is 2.50. The number of rotatable bonds is 2. The zero-order valence-electron chi connectivity index (χ0n) is 8.40. The molecule has 0 radical (unpaired) electrons. The Bertz CT molecular complexity index is 533. The van der Waals surface area contributed by atoms with E-state index in [9.17, 15) is 0 Å². The fourth-order valence-electron chi connectivity index (χ4n) is 2.40. The minimum atomic E-state index is 0.593. The largest absolute Gasteiger partial charge is 0.361 e. The number of hydrogen-bond donors (Lipinski definition) is 1. The Labute approximate surface area is 88.5 Å². The van der Waals surface area contributed by atoms with Gasteiger partial charge in [-0.15, -0.1) is 0 Å². The van der Waals surface area contributed by atoms with Crippen LogP contribution in [-0.4, -0.2) is 4.98 Å². The monoisotopic (exact) mass is 196 g/mol. The molecular formula is C13H12N2. The molecule has 2 heteroatoms. The first-order chi connectivity index (χ1) is 7.40. The van der Waals surface area contributed by atoms with Crippen LogP contribution >= 0.6 is 0 Å². The predicted octanol–water partition coefficient (Wildman–Crippen LogP) is 3.19. The van der Waals surface area contributed by atoms with Crippen molar-refractivity contribution in [2.45, 2.75) is 18.8 Å². The molecule has 2 unspecified atom stereocenters. The number of benzene rings is 1. The average molecular weight is 196 g/mol. The third-order valence-corrected chi connectivity index (χ3v) is 3.30. The second-order valence-corrected chi connectivity index (χ2v) is 4.25. The van der Waals surface area contributed by atoms with E-state index in [1.165, 1.54) is 22.9 Å².